The number of benzene rings is 3. The fourth-order valence-electron chi connectivity index (χ4n) is 8.29. The van der Waals surface area contributed by atoms with E-state index >= 15 is 0 Å². The number of carbonyl (C=O) groups excluding carboxylic acids is 4. The van der Waals surface area contributed by atoms with Crippen molar-refractivity contribution in [3.63, 3.8) is 0 Å². The van der Waals surface area contributed by atoms with Gasteiger partial charge in [-0.05, 0) is 31.0 Å². The number of amides is 1. The van der Waals surface area contributed by atoms with E-state index in [-0.39, 0.29) is 41.0 Å². The highest BCUT2D eigenvalue weighted by Crippen LogP contribution is 2.52. The minimum absolute atomic E-state index is 0.0619. The van der Waals surface area contributed by atoms with Crippen LogP contribution in [0.25, 0.3) is 0 Å². The van der Waals surface area contributed by atoms with E-state index in [0.29, 0.717) is 11.1 Å². The van der Waals surface area contributed by atoms with Gasteiger partial charge in [0.25, 0.3) is 0 Å². The van der Waals surface area contributed by atoms with Gasteiger partial charge < -0.3 is 69.9 Å². The zero-order chi connectivity index (χ0) is 42.7. The van der Waals surface area contributed by atoms with Crippen molar-refractivity contribution >= 4 is 23.4 Å². The van der Waals surface area contributed by atoms with Crippen molar-refractivity contribution in [1.82, 2.24) is 5.32 Å². The maximum absolute atomic E-state index is 13.9. The van der Waals surface area contributed by atoms with Crippen LogP contribution in [0.4, 0.5) is 4.79 Å². The number of alkyl carbamates (subject to hydrolysis) is 1. The molecule has 2 fully saturated rings. The average Bonchev–Trinajstić information content (AvgIpc) is 3.21. The average molecular weight is 824 g/mol. The highest BCUT2D eigenvalue weighted by Gasteiger charge is 2.50. The van der Waals surface area contributed by atoms with Crippen LogP contribution >= 0.6 is 0 Å². The van der Waals surface area contributed by atoms with E-state index < -0.39 is 132 Å². The van der Waals surface area contributed by atoms with Crippen LogP contribution in [-0.4, -0.2) is 133 Å². The summed E-state index contributed by atoms with van der Waals surface area (Å²) in [5.41, 5.74) is -2.77. The second kappa shape index (κ2) is 16.2. The molecule has 4 unspecified atom stereocenters. The maximum atomic E-state index is 13.9. The zero-order valence-corrected chi connectivity index (χ0v) is 32.1. The molecular weight excluding hydrogens is 778 g/mol. The van der Waals surface area contributed by atoms with Crippen molar-refractivity contribution < 1.29 is 83.7 Å². The number of Topliss-reactive ketones (excluding diaryl/α,β-unsaturated/α-hetero) is 1. The molecule has 2 saturated heterocycles. The minimum atomic E-state index is -2.15. The summed E-state index contributed by atoms with van der Waals surface area (Å²) in [6.45, 7) is 1.82. The van der Waals surface area contributed by atoms with Crippen LogP contribution < -0.4 is 10.1 Å². The van der Waals surface area contributed by atoms with Gasteiger partial charge in [-0.1, -0.05) is 36.4 Å². The Morgan fingerprint density at radius 1 is 0.898 bits per heavy atom. The molecule has 0 bridgehead atoms. The molecule has 0 spiro atoms. The number of aliphatic hydroxyl groups is 6. The molecule has 2 heterocycles. The number of aromatic hydroxyl groups is 2. The molecule has 18 heteroatoms. The van der Waals surface area contributed by atoms with Crippen LogP contribution in [0.1, 0.15) is 93.0 Å². The van der Waals surface area contributed by atoms with Gasteiger partial charge in [-0.3, -0.25) is 14.4 Å². The number of phenolic OH excluding ortho intramolecular Hbond substituents is 2. The summed E-state index contributed by atoms with van der Waals surface area (Å²) in [6, 6.07) is 9.56. The number of fused-ring (bicyclic) bond motifs is 3. The summed E-state index contributed by atoms with van der Waals surface area (Å²) in [7, 11) is 1.31. The van der Waals surface area contributed by atoms with Crippen LogP contribution in [0.15, 0.2) is 42.5 Å². The molecule has 18 nitrogen and oxygen atoms in total. The molecule has 2 aliphatic heterocycles. The summed E-state index contributed by atoms with van der Waals surface area (Å²) in [5, 5.41) is 88.6. The number of hydrogen-bond donors (Lipinski definition) is 9. The van der Waals surface area contributed by atoms with Crippen LogP contribution in [0, 0.1) is 0 Å². The molecule has 3 aromatic rings. The predicted molar refractivity (Wildman–Crippen MR) is 199 cm³/mol. The minimum Gasteiger partial charge on any atom is -0.507 e. The number of ketones is 3. The lowest BCUT2D eigenvalue weighted by molar-refractivity contribution is -0.249. The maximum Gasteiger partial charge on any atom is 0.407 e. The molecular formula is C41H45NO17. The number of ether oxygens (including phenoxy) is 5. The highest BCUT2D eigenvalue weighted by molar-refractivity contribution is 6.31. The van der Waals surface area contributed by atoms with Crippen molar-refractivity contribution in [2.45, 2.75) is 106 Å². The van der Waals surface area contributed by atoms with Crippen LogP contribution in [0.5, 0.6) is 17.2 Å². The van der Waals surface area contributed by atoms with E-state index in [2.05, 4.69) is 5.32 Å². The summed E-state index contributed by atoms with van der Waals surface area (Å²) < 4.78 is 28.4. The molecule has 3 aromatic carbocycles. The first-order valence-corrected chi connectivity index (χ1v) is 18.9. The number of aliphatic hydroxyl groups excluding tert-OH is 5. The number of carbonyl (C=O) groups is 4. The first-order chi connectivity index (χ1) is 28.0. The van der Waals surface area contributed by atoms with E-state index in [1.807, 2.05) is 0 Å². The Morgan fingerprint density at radius 2 is 1.59 bits per heavy atom. The lowest BCUT2D eigenvalue weighted by Gasteiger charge is -2.42. The van der Waals surface area contributed by atoms with E-state index in [9.17, 15) is 60.0 Å². The van der Waals surface area contributed by atoms with Crippen molar-refractivity contribution in [2.24, 2.45) is 0 Å². The number of rotatable bonds is 9. The van der Waals surface area contributed by atoms with Gasteiger partial charge in [-0.25, -0.2) is 4.79 Å². The molecule has 4 aliphatic rings. The summed E-state index contributed by atoms with van der Waals surface area (Å²) in [4.78, 5) is 53.5. The first kappa shape index (κ1) is 42.1. The van der Waals surface area contributed by atoms with Gasteiger partial charge in [0, 0.05) is 36.0 Å². The number of hydrogen-bond acceptors (Lipinski definition) is 17. The van der Waals surface area contributed by atoms with Gasteiger partial charge in [-0.2, -0.15) is 0 Å². The molecule has 0 radical (unpaired) electrons. The van der Waals surface area contributed by atoms with Gasteiger partial charge in [0.15, 0.2) is 17.9 Å². The highest BCUT2D eigenvalue weighted by atomic mass is 16.7. The van der Waals surface area contributed by atoms with Crippen molar-refractivity contribution in [1.29, 1.82) is 0 Å². The first-order valence-electron chi connectivity index (χ1n) is 18.9. The molecule has 9 N–H and O–H groups in total. The third kappa shape index (κ3) is 7.45. The molecule has 1 amide bonds. The Labute approximate surface area is 336 Å². The predicted octanol–water partition coefficient (Wildman–Crippen LogP) is 0.511. The lowest BCUT2D eigenvalue weighted by atomic mass is 9.72. The second-order valence-corrected chi connectivity index (χ2v) is 15.3. The molecule has 11 atom stereocenters. The van der Waals surface area contributed by atoms with Crippen molar-refractivity contribution in [2.75, 3.05) is 13.7 Å². The Hall–Kier alpha value is -5.02. The third-order valence-corrected chi connectivity index (χ3v) is 11.6. The SMILES string of the molecule is COc1cccc2c1C(=O)c1c(O)c3c(c(O)c1C2=O)C[C@@](O)(C(C)=O)C[C@@H]3OC1CC(NC(=O)OCc2ccc([C@@H]3O[C@H](CO)[C@H](O)[C@H](O)[C@H]3O)cc2)C(O)C(C)O1. The smallest absolute Gasteiger partial charge is 0.407 e. The largest absolute Gasteiger partial charge is 0.507 e. The van der Waals surface area contributed by atoms with E-state index in [1.54, 1.807) is 24.3 Å². The molecule has 59 heavy (non-hydrogen) atoms. The standard InChI is InChI=1S/C41H45NO17/c1-16-31(45)22(42-40(53)56-15-18-7-9-19(10-8-18)39-38(52)37(51)34(48)25(14-43)59-39)11-26(57-16)58-24-13-41(54,17(2)44)12-21-28(24)36(50)30-29(33(21)47)32(46)20-5-4-6-23(55-3)27(20)35(30)49/h4-10,16,22,24-26,31,34,37-39,43,45,47-48,50-52,54H,11-15H2,1-3H3,(H,42,53)/t16?,22?,24-,25+,26?,31?,34-,37-,38+,39-,41-/m0/s1. The Kier molecular flexibility index (Phi) is 11.6. The topological polar surface area (TPSA) is 288 Å². The van der Waals surface area contributed by atoms with Crippen molar-refractivity contribution in [3.8, 4) is 17.2 Å². The fraction of sp³-hybridized carbons (Fsp3) is 0.463. The summed E-state index contributed by atoms with van der Waals surface area (Å²) in [6.07, 6.45) is -13.7. The number of nitrogens with one attached hydrogen (secondary N) is 1. The molecule has 316 valence electrons. The van der Waals surface area contributed by atoms with E-state index in [1.165, 1.54) is 32.2 Å². The third-order valence-electron chi connectivity index (χ3n) is 11.6. The van der Waals surface area contributed by atoms with Gasteiger partial charge >= 0.3 is 6.09 Å². The monoisotopic (exact) mass is 823 g/mol. The summed E-state index contributed by atoms with van der Waals surface area (Å²) in [5.74, 6) is -3.67. The molecule has 7 rings (SSSR count). The van der Waals surface area contributed by atoms with Gasteiger partial charge in [-0.15, -0.1) is 0 Å². The molecule has 0 saturated carbocycles. The van der Waals surface area contributed by atoms with Crippen LogP contribution in [-0.2, 0) is 36.8 Å². The normalized spacial score (nSPS) is 31.4. The summed E-state index contributed by atoms with van der Waals surface area (Å²) >= 11 is 0. The van der Waals surface area contributed by atoms with Crippen molar-refractivity contribution in [3.05, 3.63) is 87.0 Å². The Balaban J connectivity index is 1.08. The second-order valence-electron chi connectivity index (χ2n) is 15.3. The van der Waals surface area contributed by atoms with Crippen LogP contribution in [0.2, 0.25) is 0 Å². The Bertz CT molecular complexity index is 2160. The molecule has 2 aliphatic carbocycles. The van der Waals surface area contributed by atoms with E-state index in [0.717, 1.165) is 6.92 Å². The fourth-order valence-corrected chi connectivity index (χ4v) is 8.29. The zero-order valence-electron chi connectivity index (χ0n) is 32.1. The van der Waals surface area contributed by atoms with E-state index in [4.69, 9.17) is 23.7 Å². The van der Waals surface area contributed by atoms with Gasteiger partial charge in [0.05, 0.1) is 48.7 Å². The number of methoxy groups -OCH3 is 1. The Morgan fingerprint density at radius 3 is 2.25 bits per heavy atom. The number of phenols is 2. The lowest BCUT2D eigenvalue weighted by Crippen LogP contribution is -2.55. The van der Waals surface area contributed by atoms with Gasteiger partial charge in [0.2, 0.25) is 5.78 Å². The quantitative estimate of drug-likeness (QED) is 0.104. The molecule has 0 aromatic heterocycles. The van der Waals surface area contributed by atoms with Crippen LogP contribution in [0.3, 0.4) is 0 Å². The van der Waals surface area contributed by atoms with Gasteiger partial charge in [0.1, 0.15) is 66.1 Å².